The molecule has 2 aromatic rings. The van der Waals surface area contributed by atoms with E-state index in [4.69, 9.17) is 0 Å². The molecule has 2 rings (SSSR count). The average molecular weight is 180 g/mol. The monoisotopic (exact) mass is 180 g/mol. The van der Waals surface area contributed by atoms with Gasteiger partial charge in [0, 0.05) is 5.38 Å². The molecule has 1 N–H and O–H groups in total. The summed E-state index contributed by atoms with van der Waals surface area (Å²) in [5, 5.41) is 1.62. The number of nitrogens with zero attached hydrogens (tertiary/aromatic N) is 1. The molecule has 0 aliphatic heterocycles. The number of carbonyl (C=O) groups excluding carboxylic acids is 1. The number of nitrogens with one attached hydrogen (secondary N) is 1. The van der Waals surface area contributed by atoms with E-state index >= 15 is 0 Å². The Kier molecular flexibility index (Phi) is 1.51. The van der Waals surface area contributed by atoms with Crippen LogP contribution in [0.25, 0.3) is 10.2 Å². The van der Waals surface area contributed by atoms with E-state index in [1.807, 2.05) is 0 Å². The van der Waals surface area contributed by atoms with Gasteiger partial charge in [-0.25, -0.2) is 4.98 Å². The van der Waals surface area contributed by atoms with Gasteiger partial charge in [0.1, 0.15) is 4.70 Å². The Bertz CT molecular complexity index is 485. The van der Waals surface area contributed by atoms with Crippen LogP contribution in [0.5, 0.6) is 0 Å². The predicted octanol–water partition coefficient (Wildman–Crippen LogP) is 0.797. The topological polar surface area (TPSA) is 62.8 Å². The molecule has 5 heteroatoms. The Balaban J connectivity index is 2.98. The highest BCUT2D eigenvalue weighted by Gasteiger charge is 2.05. The third-order valence-corrected chi connectivity index (χ3v) is 2.50. The maximum absolute atomic E-state index is 11.1. The molecule has 0 fully saturated rings. The van der Waals surface area contributed by atoms with Gasteiger partial charge in [-0.3, -0.25) is 9.59 Å². The normalized spacial score (nSPS) is 10.3. The molecule has 2 aromatic heterocycles. The highest BCUT2D eigenvalue weighted by atomic mass is 32.1. The van der Waals surface area contributed by atoms with E-state index in [1.165, 1.54) is 17.7 Å². The van der Waals surface area contributed by atoms with Gasteiger partial charge >= 0.3 is 0 Å². The molecule has 0 amide bonds. The number of carbonyl (C=O) groups is 1. The van der Waals surface area contributed by atoms with Crippen molar-refractivity contribution in [1.82, 2.24) is 9.97 Å². The highest BCUT2D eigenvalue weighted by Crippen LogP contribution is 2.17. The first kappa shape index (κ1) is 7.17. The minimum atomic E-state index is -0.196. The molecule has 0 spiro atoms. The van der Waals surface area contributed by atoms with Crippen LogP contribution in [0.1, 0.15) is 10.4 Å². The van der Waals surface area contributed by atoms with Crippen molar-refractivity contribution in [3.63, 3.8) is 0 Å². The summed E-state index contributed by atoms with van der Waals surface area (Å²) in [5.41, 5.74) is 0.762. The lowest BCUT2D eigenvalue weighted by molar-refractivity contribution is 0.112. The minimum Gasteiger partial charge on any atom is -0.312 e. The number of hydrogen-bond donors (Lipinski definition) is 1. The molecule has 0 saturated heterocycles. The standard InChI is InChI=1S/C7H4N2O2S/c10-1-4-2-12-6-5(4)8-3-9-7(6)11/h1-3H,(H,8,9,11). The zero-order valence-electron chi connectivity index (χ0n) is 5.90. The predicted molar refractivity (Wildman–Crippen MR) is 45.6 cm³/mol. The summed E-state index contributed by atoms with van der Waals surface area (Å²) in [6.07, 6.45) is 2.00. The van der Waals surface area contributed by atoms with Gasteiger partial charge in [0.25, 0.3) is 5.56 Å². The van der Waals surface area contributed by atoms with Gasteiger partial charge in [-0.05, 0) is 0 Å². The van der Waals surface area contributed by atoms with Crippen LogP contribution in [0.4, 0.5) is 0 Å². The first-order chi connectivity index (χ1) is 5.83. The van der Waals surface area contributed by atoms with Crippen LogP contribution in [-0.2, 0) is 0 Å². The van der Waals surface area contributed by atoms with E-state index in [0.29, 0.717) is 22.1 Å². The number of aldehydes is 1. The van der Waals surface area contributed by atoms with Crippen molar-refractivity contribution in [3.8, 4) is 0 Å². The van der Waals surface area contributed by atoms with Crippen molar-refractivity contribution < 1.29 is 4.79 Å². The second-order valence-corrected chi connectivity index (χ2v) is 3.10. The second-order valence-electron chi connectivity index (χ2n) is 2.22. The van der Waals surface area contributed by atoms with Crippen molar-refractivity contribution in [2.45, 2.75) is 0 Å². The summed E-state index contributed by atoms with van der Waals surface area (Å²) < 4.78 is 0.500. The lowest BCUT2D eigenvalue weighted by atomic mass is 10.3. The Labute approximate surface area is 70.9 Å². The van der Waals surface area contributed by atoms with E-state index in [9.17, 15) is 9.59 Å². The first-order valence-corrected chi connectivity index (χ1v) is 4.11. The molecule has 12 heavy (non-hydrogen) atoms. The Morgan fingerprint density at radius 3 is 3.17 bits per heavy atom. The number of fused-ring (bicyclic) bond motifs is 1. The molecule has 0 aliphatic carbocycles. The summed E-state index contributed by atoms with van der Waals surface area (Å²) in [6.45, 7) is 0. The molecular weight excluding hydrogens is 176 g/mol. The molecule has 4 nitrogen and oxygen atoms in total. The summed E-state index contributed by atoms with van der Waals surface area (Å²) in [6, 6.07) is 0. The zero-order valence-corrected chi connectivity index (χ0v) is 6.72. The van der Waals surface area contributed by atoms with Gasteiger partial charge in [-0.2, -0.15) is 0 Å². The van der Waals surface area contributed by atoms with E-state index < -0.39 is 0 Å². The van der Waals surface area contributed by atoms with Crippen LogP contribution in [0.15, 0.2) is 16.5 Å². The first-order valence-electron chi connectivity index (χ1n) is 3.23. The van der Waals surface area contributed by atoms with Crippen molar-refractivity contribution >= 4 is 27.8 Å². The van der Waals surface area contributed by atoms with Gasteiger partial charge < -0.3 is 4.98 Å². The van der Waals surface area contributed by atoms with Crippen LogP contribution in [-0.4, -0.2) is 16.3 Å². The Hall–Kier alpha value is -1.49. The maximum atomic E-state index is 11.1. The van der Waals surface area contributed by atoms with E-state index in [0.717, 1.165) is 0 Å². The van der Waals surface area contributed by atoms with Gasteiger partial charge in [-0.15, -0.1) is 11.3 Å². The van der Waals surface area contributed by atoms with Crippen LogP contribution in [0.3, 0.4) is 0 Å². The maximum Gasteiger partial charge on any atom is 0.268 e. The average Bonchev–Trinajstić information content (AvgIpc) is 2.49. The molecule has 0 aromatic carbocycles. The van der Waals surface area contributed by atoms with E-state index in [1.54, 1.807) is 5.38 Å². The Morgan fingerprint density at radius 2 is 2.42 bits per heavy atom. The van der Waals surface area contributed by atoms with Crippen molar-refractivity contribution in [3.05, 3.63) is 27.6 Å². The lowest BCUT2D eigenvalue weighted by Crippen LogP contribution is -2.03. The quantitative estimate of drug-likeness (QED) is 0.660. The molecule has 0 unspecified atom stereocenters. The second kappa shape index (κ2) is 2.53. The minimum absolute atomic E-state index is 0.196. The van der Waals surface area contributed by atoms with Gasteiger partial charge in [0.2, 0.25) is 0 Å². The van der Waals surface area contributed by atoms with E-state index in [-0.39, 0.29) is 5.56 Å². The molecule has 0 radical (unpaired) electrons. The fourth-order valence-electron chi connectivity index (χ4n) is 0.964. The fraction of sp³-hybridized carbons (Fsp3) is 0. The number of hydrogen-bond acceptors (Lipinski definition) is 4. The lowest BCUT2D eigenvalue weighted by Gasteiger charge is -1.85. The number of thiophene rings is 1. The van der Waals surface area contributed by atoms with Gasteiger partial charge in [-0.1, -0.05) is 0 Å². The molecule has 0 aliphatic rings. The van der Waals surface area contributed by atoms with Crippen molar-refractivity contribution in [2.75, 3.05) is 0 Å². The summed E-state index contributed by atoms with van der Waals surface area (Å²) in [7, 11) is 0. The SMILES string of the molecule is O=Cc1csc2c(=O)[nH]cnc12. The number of rotatable bonds is 1. The van der Waals surface area contributed by atoms with Crippen molar-refractivity contribution in [2.24, 2.45) is 0 Å². The third-order valence-electron chi connectivity index (χ3n) is 1.51. The number of aromatic amines is 1. The van der Waals surface area contributed by atoms with Crippen LogP contribution >= 0.6 is 11.3 Å². The van der Waals surface area contributed by atoms with E-state index in [2.05, 4.69) is 9.97 Å². The molecule has 0 atom stereocenters. The largest absolute Gasteiger partial charge is 0.312 e. The number of H-pyrrole nitrogens is 1. The summed E-state index contributed by atoms with van der Waals surface area (Å²) in [4.78, 5) is 27.9. The molecule has 0 bridgehead atoms. The summed E-state index contributed by atoms with van der Waals surface area (Å²) >= 11 is 1.23. The Morgan fingerprint density at radius 1 is 1.58 bits per heavy atom. The molecular formula is C7H4N2O2S. The smallest absolute Gasteiger partial charge is 0.268 e. The van der Waals surface area contributed by atoms with Gasteiger partial charge in [0.15, 0.2) is 6.29 Å². The van der Waals surface area contributed by atoms with Crippen molar-refractivity contribution in [1.29, 1.82) is 0 Å². The van der Waals surface area contributed by atoms with Crippen LogP contribution in [0, 0.1) is 0 Å². The molecule has 0 saturated carbocycles. The van der Waals surface area contributed by atoms with Gasteiger partial charge in [0.05, 0.1) is 17.4 Å². The summed E-state index contributed by atoms with van der Waals surface area (Å²) in [5.74, 6) is 0. The fourth-order valence-corrected chi connectivity index (χ4v) is 1.82. The van der Waals surface area contributed by atoms with Crippen LogP contribution < -0.4 is 5.56 Å². The zero-order chi connectivity index (χ0) is 8.55. The highest BCUT2D eigenvalue weighted by molar-refractivity contribution is 7.17. The molecule has 60 valence electrons. The van der Waals surface area contributed by atoms with Crippen LogP contribution in [0.2, 0.25) is 0 Å². The third kappa shape index (κ3) is 0.868. The molecule has 2 heterocycles. The number of aromatic nitrogens is 2.